The number of aliphatic hydroxyl groups excluding tert-OH is 1. The SMILES string of the molecule is CC(C)CC1=N[C@](O)([C@H](N)[C@H](C)O)N(CC=O)C1=O. The van der Waals surface area contributed by atoms with Gasteiger partial charge in [-0.1, -0.05) is 13.8 Å². The highest BCUT2D eigenvalue weighted by molar-refractivity contribution is 6.40. The molecule has 1 aliphatic heterocycles. The lowest BCUT2D eigenvalue weighted by atomic mass is 10.1. The van der Waals surface area contributed by atoms with Crippen LogP contribution in [-0.4, -0.2) is 57.6 Å². The van der Waals surface area contributed by atoms with Gasteiger partial charge in [0.2, 0.25) is 0 Å². The molecule has 0 unspecified atom stereocenters. The van der Waals surface area contributed by atoms with Gasteiger partial charge in [0, 0.05) is 0 Å². The van der Waals surface area contributed by atoms with E-state index in [2.05, 4.69) is 4.99 Å². The normalized spacial score (nSPS) is 26.6. The molecule has 0 aromatic carbocycles. The zero-order valence-corrected chi connectivity index (χ0v) is 11.4. The zero-order chi connectivity index (χ0) is 14.8. The minimum Gasteiger partial charge on any atom is -0.392 e. The van der Waals surface area contributed by atoms with Gasteiger partial charge in [-0.25, -0.2) is 4.99 Å². The van der Waals surface area contributed by atoms with Crippen LogP contribution in [0.1, 0.15) is 27.2 Å². The zero-order valence-electron chi connectivity index (χ0n) is 11.4. The molecule has 0 spiro atoms. The average molecular weight is 271 g/mol. The van der Waals surface area contributed by atoms with E-state index in [-0.39, 0.29) is 18.2 Å². The van der Waals surface area contributed by atoms with Crippen molar-refractivity contribution in [2.75, 3.05) is 6.54 Å². The molecule has 0 saturated heterocycles. The number of aldehydes is 1. The summed E-state index contributed by atoms with van der Waals surface area (Å²) in [6.07, 6.45) is -0.205. The van der Waals surface area contributed by atoms with E-state index in [9.17, 15) is 19.8 Å². The third-order valence-electron chi connectivity index (χ3n) is 3.01. The number of aliphatic imine (C=N–C) groups is 1. The Hall–Kier alpha value is -1.31. The van der Waals surface area contributed by atoms with Crippen molar-refractivity contribution in [2.24, 2.45) is 16.6 Å². The average Bonchev–Trinajstić information content (AvgIpc) is 2.53. The molecule has 1 amide bonds. The summed E-state index contributed by atoms with van der Waals surface area (Å²) < 4.78 is 0. The molecule has 3 atom stereocenters. The Morgan fingerprint density at radius 2 is 2.05 bits per heavy atom. The second-order valence-electron chi connectivity index (χ2n) is 5.19. The molecule has 0 aliphatic carbocycles. The highest BCUT2D eigenvalue weighted by Crippen LogP contribution is 2.27. The molecule has 1 aliphatic rings. The number of rotatable bonds is 6. The minimum atomic E-state index is -2.06. The van der Waals surface area contributed by atoms with Crippen molar-refractivity contribution in [2.45, 2.75) is 45.2 Å². The van der Waals surface area contributed by atoms with E-state index in [4.69, 9.17) is 5.73 Å². The van der Waals surface area contributed by atoms with E-state index < -0.39 is 23.9 Å². The number of amides is 1. The quantitative estimate of drug-likeness (QED) is 0.528. The van der Waals surface area contributed by atoms with Crippen LogP contribution in [0.2, 0.25) is 0 Å². The molecule has 0 bridgehead atoms. The first-order valence-electron chi connectivity index (χ1n) is 6.24. The monoisotopic (exact) mass is 271 g/mol. The van der Waals surface area contributed by atoms with Crippen LogP contribution in [0.5, 0.6) is 0 Å². The molecule has 0 aromatic rings. The van der Waals surface area contributed by atoms with E-state index in [1.165, 1.54) is 6.92 Å². The number of carbonyl (C=O) groups is 2. The predicted octanol–water partition coefficient (Wildman–Crippen LogP) is -1.13. The lowest BCUT2D eigenvalue weighted by molar-refractivity contribution is -0.158. The molecule has 108 valence electrons. The van der Waals surface area contributed by atoms with Crippen LogP contribution in [0.25, 0.3) is 0 Å². The number of nitrogens with two attached hydrogens (primary N) is 1. The molecular formula is C12H21N3O4. The molecule has 1 heterocycles. The van der Waals surface area contributed by atoms with Gasteiger partial charge in [-0.3, -0.25) is 9.69 Å². The van der Waals surface area contributed by atoms with E-state index in [1.807, 2.05) is 13.8 Å². The van der Waals surface area contributed by atoms with Crippen molar-refractivity contribution in [3.63, 3.8) is 0 Å². The minimum absolute atomic E-state index is 0.172. The Morgan fingerprint density at radius 1 is 1.47 bits per heavy atom. The van der Waals surface area contributed by atoms with Crippen LogP contribution in [0.15, 0.2) is 4.99 Å². The molecule has 0 fully saturated rings. The first-order valence-corrected chi connectivity index (χ1v) is 6.24. The van der Waals surface area contributed by atoms with Crippen LogP contribution in [0.3, 0.4) is 0 Å². The summed E-state index contributed by atoms with van der Waals surface area (Å²) in [5, 5.41) is 20.0. The summed E-state index contributed by atoms with van der Waals surface area (Å²) >= 11 is 0. The topological polar surface area (TPSA) is 116 Å². The summed E-state index contributed by atoms with van der Waals surface area (Å²) in [6.45, 7) is 4.89. The summed E-state index contributed by atoms with van der Waals surface area (Å²) in [5.74, 6) is -2.40. The largest absolute Gasteiger partial charge is 0.392 e. The maximum Gasteiger partial charge on any atom is 0.272 e. The molecule has 1 rings (SSSR count). The molecule has 0 aromatic heterocycles. The van der Waals surface area contributed by atoms with Crippen LogP contribution in [-0.2, 0) is 9.59 Å². The lowest BCUT2D eigenvalue weighted by Gasteiger charge is -2.35. The maximum atomic E-state index is 12.1. The van der Waals surface area contributed by atoms with Gasteiger partial charge in [-0.15, -0.1) is 0 Å². The van der Waals surface area contributed by atoms with Gasteiger partial charge in [0.25, 0.3) is 11.8 Å². The summed E-state index contributed by atoms with van der Waals surface area (Å²) in [6, 6.07) is -1.18. The number of hydrogen-bond acceptors (Lipinski definition) is 6. The smallest absolute Gasteiger partial charge is 0.272 e. The Kier molecular flexibility index (Phi) is 4.78. The van der Waals surface area contributed by atoms with Crippen molar-refractivity contribution in [1.82, 2.24) is 4.90 Å². The molecule has 19 heavy (non-hydrogen) atoms. The first kappa shape index (κ1) is 15.7. The number of aliphatic hydroxyl groups is 2. The second-order valence-corrected chi connectivity index (χ2v) is 5.19. The van der Waals surface area contributed by atoms with E-state index >= 15 is 0 Å². The number of carbonyl (C=O) groups excluding carboxylic acids is 2. The molecular weight excluding hydrogens is 250 g/mol. The van der Waals surface area contributed by atoms with Crippen LogP contribution in [0.4, 0.5) is 0 Å². The fraction of sp³-hybridized carbons (Fsp3) is 0.750. The van der Waals surface area contributed by atoms with Crippen molar-refractivity contribution in [1.29, 1.82) is 0 Å². The van der Waals surface area contributed by atoms with Gasteiger partial charge in [-0.05, 0) is 19.3 Å². The van der Waals surface area contributed by atoms with Crippen molar-refractivity contribution >= 4 is 17.9 Å². The number of hydrogen-bond donors (Lipinski definition) is 3. The summed E-state index contributed by atoms with van der Waals surface area (Å²) in [7, 11) is 0. The van der Waals surface area contributed by atoms with Crippen molar-refractivity contribution < 1.29 is 19.8 Å². The third-order valence-corrected chi connectivity index (χ3v) is 3.01. The van der Waals surface area contributed by atoms with Crippen LogP contribution >= 0.6 is 0 Å². The first-order chi connectivity index (χ1) is 8.74. The highest BCUT2D eigenvalue weighted by atomic mass is 16.3. The predicted molar refractivity (Wildman–Crippen MR) is 69.3 cm³/mol. The Labute approximate surface area is 112 Å². The van der Waals surface area contributed by atoms with Gasteiger partial charge in [0.1, 0.15) is 18.0 Å². The van der Waals surface area contributed by atoms with Crippen LogP contribution < -0.4 is 5.73 Å². The maximum absolute atomic E-state index is 12.1. The molecule has 7 heteroatoms. The lowest BCUT2D eigenvalue weighted by Crippen LogP contribution is -2.62. The third kappa shape index (κ3) is 2.99. The summed E-state index contributed by atoms with van der Waals surface area (Å²) in [4.78, 5) is 27.6. The number of nitrogens with zero attached hydrogens (tertiary/aromatic N) is 2. The molecule has 0 radical (unpaired) electrons. The van der Waals surface area contributed by atoms with Gasteiger partial charge >= 0.3 is 0 Å². The molecule has 7 nitrogen and oxygen atoms in total. The fourth-order valence-electron chi connectivity index (χ4n) is 2.00. The van der Waals surface area contributed by atoms with Crippen LogP contribution in [0, 0.1) is 5.92 Å². The Balaban J connectivity index is 3.13. The van der Waals surface area contributed by atoms with E-state index in [1.54, 1.807) is 0 Å². The van der Waals surface area contributed by atoms with Gasteiger partial charge in [0.05, 0.1) is 12.6 Å². The molecule has 4 N–H and O–H groups in total. The van der Waals surface area contributed by atoms with Crippen molar-refractivity contribution in [3.05, 3.63) is 0 Å². The fourth-order valence-corrected chi connectivity index (χ4v) is 2.00. The second kappa shape index (κ2) is 5.77. The van der Waals surface area contributed by atoms with E-state index in [0.717, 1.165) is 4.90 Å². The Morgan fingerprint density at radius 3 is 2.47 bits per heavy atom. The Bertz CT molecular complexity index is 394. The highest BCUT2D eigenvalue weighted by Gasteiger charge is 2.51. The molecule has 0 saturated carbocycles. The standard InChI is InChI=1S/C12H21N3O4/c1-7(2)6-9-11(18)15(4-5-16)12(19,14-9)10(13)8(3)17/h5,7-8,10,17,19H,4,6,13H2,1-3H3/t8-,10+,12+/m0/s1. The van der Waals surface area contributed by atoms with Gasteiger partial charge in [-0.2, -0.15) is 0 Å². The van der Waals surface area contributed by atoms with Crippen molar-refractivity contribution in [3.8, 4) is 0 Å². The van der Waals surface area contributed by atoms with E-state index in [0.29, 0.717) is 12.7 Å². The summed E-state index contributed by atoms with van der Waals surface area (Å²) in [5.41, 5.74) is 5.89. The van der Waals surface area contributed by atoms with Gasteiger partial charge in [0.15, 0.2) is 0 Å². The van der Waals surface area contributed by atoms with Gasteiger partial charge < -0.3 is 20.7 Å².